The molecule has 0 amide bonds. The van der Waals surface area contributed by atoms with Crippen molar-refractivity contribution < 1.29 is 0 Å². The number of benzene rings is 1. The number of hydrogen-bond acceptors (Lipinski definition) is 3. The van der Waals surface area contributed by atoms with Crippen LogP contribution in [0.15, 0.2) is 30.3 Å². The van der Waals surface area contributed by atoms with Gasteiger partial charge in [0.2, 0.25) is 0 Å². The lowest BCUT2D eigenvalue weighted by atomic mass is 9.74. The number of aromatic nitrogens is 1. The Morgan fingerprint density at radius 1 is 1.10 bits per heavy atom. The minimum absolute atomic E-state index is 0.557. The summed E-state index contributed by atoms with van der Waals surface area (Å²) in [4.78, 5) is 7.24. The van der Waals surface area contributed by atoms with Crippen LogP contribution in [0.5, 0.6) is 0 Å². The molecule has 112 valence electrons. The number of piperidine rings is 1. The quantitative estimate of drug-likeness (QED) is 0.857. The fraction of sp³-hybridized carbons (Fsp3) is 0.500. The van der Waals surface area contributed by atoms with Gasteiger partial charge in [-0.15, -0.1) is 0 Å². The molecule has 3 rings (SSSR count). The van der Waals surface area contributed by atoms with Crippen molar-refractivity contribution in [3.63, 3.8) is 0 Å². The van der Waals surface area contributed by atoms with Crippen LogP contribution in [0, 0.1) is 5.41 Å². The van der Waals surface area contributed by atoms with Crippen molar-refractivity contribution in [3.8, 4) is 0 Å². The first kappa shape index (κ1) is 14.2. The fourth-order valence-corrected chi connectivity index (χ4v) is 3.48. The summed E-state index contributed by atoms with van der Waals surface area (Å²) in [7, 11) is 0. The van der Waals surface area contributed by atoms with Crippen molar-refractivity contribution in [2.75, 3.05) is 23.7 Å². The number of nitrogens with zero attached hydrogens (tertiary/aromatic N) is 2. The van der Waals surface area contributed by atoms with Gasteiger partial charge in [0.15, 0.2) is 0 Å². The summed E-state index contributed by atoms with van der Waals surface area (Å²) < 4.78 is 0. The summed E-state index contributed by atoms with van der Waals surface area (Å²) in [6.45, 7) is 6.90. The van der Waals surface area contributed by atoms with E-state index in [0.717, 1.165) is 35.5 Å². The monoisotopic (exact) mass is 283 g/mol. The van der Waals surface area contributed by atoms with E-state index in [2.05, 4.69) is 30.9 Å². The van der Waals surface area contributed by atoms with Crippen molar-refractivity contribution in [3.05, 3.63) is 30.3 Å². The van der Waals surface area contributed by atoms with Gasteiger partial charge >= 0.3 is 0 Å². The largest absolute Gasteiger partial charge is 0.399 e. The molecule has 2 N–H and O–H groups in total. The van der Waals surface area contributed by atoms with Crippen LogP contribution >= 0.6 is 0 Å². The standard InChI is InChI=1S/C18H25N3/c1-3-18(4-2)9-11-21(12-10-18)17-8-5-14-13-15(19)6-7-16(14)20-17/h5-8,13H,3-4,9-12,19H2,1-2H3. The van der Waals surface area contributed by atoms with Crippen molar-refractivity contribution >= 4 is 22.4 Å². The van der Waals surface area contributed by atoms with E-state index in [0.29, 0.717) is 5.41 Å². The second kappa shape index (κ2) is 5.55. The Bertz CT molecular complexity index is 621. The highest BCUT2D eigenvalue weighted by Crippen LogP contribution is 2.38. The van der Waals surface area contributed by atoms with Crippen LogP contribution in [0.4, 0.5) is 11.5 Å². The van der Waals surface area contributed by atoms with Gasteiger partial charge in [0.25, 0.3) is 0 Å². The van der Waals surface area contributed by atoms with E-state index in [1.807, 2.05) is 18.2 Å². The smallest absolute Gasteiger partial charge is 0.129 e. The van der Waals surface area contributed by atoms with E-state index in [1.54, 1.807) is 0 Å². The molecule has 0 spiro atoms. The highest BCUT2D eigenvalue weighted by atomic mass is 15.2. The zero-order valence-corrected chi connectivity index (χ0v) is 13.1. The highest BCUT2D eigenvalue weighted by molar-refractivity contribution is 5.83. The fourth-order valence-electron chi connectivity index (χ4n) is 3.48. The van der Waals surface area contributed by atoms with Crippen LogP contribution < -0.4 is 10.6 Å². The molecule has 3 heteroatoms. The van der Waals surface area contributed by atoms with Crippen LogP contribution in [0.3, 0.4) is 0 Å². The number of nitrogens with two attached hydrogens (primary N) is 1. The maximum absolute atomic E-state index is 5.83. The molecular formula is C18H25N3. The van der Waals surface area contributed by atoms with Gasteiger partial charge < -0.3 is 10.6 Å². The third kappa shape index (κ3) is 2.69. The van der Waals surface area contributed by atoms with E-state index < -0.39 is 0 Å². The van der Waals surface area contributed by atoms with E-state index in [4.69, 9.17) is 10.7 Å². The highest BCUT2D eigenvalue weighted by Gasteiger charge is 2.31. The molecule has 1 aromatic carbocycles. The number of nitrogen functional groups attached to an aromatic ring is 1. The van der Waals surface area contributed by atoms with Crippen LogP contribution in [-0.2, 0) is 0 Å². The molecule has 3 nitrogen and oxygen atoms in total. The van der Waals surface area contributed by atoms with Crippen molar-refractivity contribution in [1.29, 1.82) is 0 Å². The predicted octanol–water partition coefficient (Wildman–Crippen LogP) is 4.22. The van der Waals surface area contributed by atoms with Gasteiger partial charge in [-0.2, -0.15) is 0 Å². The Hall–Kier alpha value is -1.77. The summed E-state index contributed by atoms with van der Waals surface area (Å²) in [6.07, 6.45) is 5.15. The summed E-state index contributed by atoms with van der Waals surface area (Å²) in [5.74, 6) is 1.10. The first-order valence-electron chi connectivity index (χ1n) is 8.07. The molecule has 21 heavy (non-hydrogen) atoms. The molecule has 2 aromatic rings. The first-order chi connectivity index (χ1) is 10.2. The van der Waals surface area contributed by atoms with Crippen LogP contribution in [0.2, 0.25) is 0 Å². The lowest BCUT2D eigenvalue weighted by molar-refractivity contribution is 0.199. The first-order valence-corrected chi connectivity index (χ1v) is 8.07. The predicted molar refractivity (Wildman–Crippen MR) is 90.6 cm³/mol. The number of fused-ring (bicyclic) bond motifs is 1. The van der Waals surface area contributed by atoms with Gasteiger partial charge in [-0.25, -0.2) is 4.98 Å². The summed E-state index contributed by atoms with van der Waals surface area (Å²) >= 11 is 0. The summed E-state index contributed by atoms with van der Waals surface area (Å²) in [6, 6.07) is 10.2. The molecule has 0 bridgehead atoms. The minimum Gasteiger partial charge on any atom is -0.399 e. The van der Waals surface area contributed by atoms with Crippen LogP contribution in [0.1, 0.15) is 39.5 Å². The van der Waals surface area contributed by atoms with Crippen molar-refractivity contribution in [2.24, 2.45) is 5.41 Å². The van der Waals surface area contributed by atoms with E-state index in [9.17, 15) is 0 Å². The maximum Gasteiger partial charge on any atom is 0.129 e. The average Bonchev–Trinajstić information content (AvgIpc) is 2.54. The second-order valence-electron chi connectivity index (χ2n) is 6.32. The molecule has 0 unspecified atom stereocenters. The number of pyridine rings is 1. The molecule has 1 aliphatic rings. The van der Waals surface area contributed by atoms with E-state index in [-0.39, 0.29) is 0 Å². The molecule has 0 saturated carbocycles. The molecule has 1 aromatic heterocycles. The number of rotatable bonds is 3. The Morgan fingerprint density at radius 3 is 2.48 bits per heavy atom. The second-order valence-corrected chi connectivity index (χ2v) is 6.32. The third-order valence-corrected chi connectivity index (χ3v) is 5.35. The Labute approximate surface area is 127 Å². The molecule has 0 aliphatic carbocycles. The van der Waals surface area contributed by atoms with Gasteiger partial charge in [0, 0.05) is 24.2 Å². The number of anilines is 2. The Morgan fingerprint density at radius 2 is 1.81 bits per heavy atom. The zero-order valence-electron chi connectivity index (χ0n) is 13.1. The summed E-state index contributed by atoms with van der Waals surface area (Å²) in [5.41, 5.74) is 8.21. The Kier molecular flexibility index (Phi) is 3.75. The van der Waals surface area contributed by atoms with Crippen LogP contribution in [0.25, 0.3) is 10.9 Å². The zero-order chi connectivity index (χ0) is 14.9. The van der Waals surface area contributed by atoms with Crippen molar-refractivity contribution in [1.82, 2.24) is 4.98 Å². The molecule has 1 saturated heterocycles. The lowest BCUT2D eigenvalue weighted by Crippen LogP contribution is -2.40. The molecule has 1 aliphatic heterocycles. The third-order valence-electron chi connectivity index (χ3n) is 5.35. The molecule has 0 atom stereocenters. The molecular weight excluding hydrogens is 258 g/mol. The molecule has 1 fully saturated rings. The SMILES string of the molecule is CCC1(CC)CCN(c2ccc3cc(N)ccc3n2)CC1. The van der Waals surface area contributed by atoms with Gasteiger partial charge in [-0.1, -0.05) is 26.7 Å². The lowest BCUT2D eigenvalue weighted by Gasteiger charge is -2.41. The maximum atomic E-state index is 5.83. The van der Waals surface area contributed by atoms with Gasteiger partial charge in [0.1, 0.15) is 5.82 Å². The normalized spacial score (nSPS) is 18.1. The van der Waals surface area contributed by atoms with E-state index in [1.165, 1.54) is 25.7 Å². The van der Waals surface area contributed by atoms with Gasteiger partial charge in [0.05, 0.1) is 5.52 Å². The topological polar surface area (TPSA) is 42.1 Å². The molecule has 0 radical (unpaired) electrons. The average molecular weight is 283 g/mol. The van der Waals surface area contributed by atoms with Gasteiger partial charge in [-0.3, -0.25) is 0 Å². The van der Waals surface area contributed by atoms with E-state index >= 15 is 0 Å². The summed E-state index contributed by atoms with van der Waals surface area (Å²) in [5, 5.41) is 1.12. The van der Waals surface area contributed by atoms with Crippen LogP contribution in [-0.4, -0.2) is 18.1 Å². The minimum atomic E-state index is 0.557. The van der Waals surface area contributed by atoms with Crippen molar-refractivity contribution in [2.45, 2.75) is 39.5 Å². The van der Waals surface area contributed by atoms with Gasteiger partial charge in [-0.05, 0) is 48.6 Å². The molecule has 2 heterocycles. The number of hydrogen-bond donors (Lipinski definition) is 1. The Balaban J connectivity index is 1.81.